The van der Waals surface area contributed by atoms with Crippen LogP contribution in [0.2, 0.25) is 0 Å². The maximum atomic E-state index is 11.7. The van der Waals surface area contributed by atoms with Gasteiger partial charge in [0.1, 0.15) is 6.61 Å². The van der Waals surface area contributed by atoms with Crippen molar-refractivity contribution in [2.75, 3.05) is 13.2 Å². The molecule has 1 atom stereocenters. The van der Waals surface area contributed by atoms with Gasteiger partial charge < -0.3 is 9.47 Å². The van der Waals surface area contributed by atoms with Gasteiger partial charge in [-0.1, -0.05) is 12.1 Å². The lowest BCUT2D eigenvalue weighted by molar-refractivity contribution is 0.0160. The smallest absolute Gasteiger partial charge is 0.339 e. The second kappa shape index (κ2) is 5.46. The second-order valence-corrected chi connectivity index (χ2v) is 4.57. The van der Waals surface area contributed by atoms with Gasteiger partial charge in [0.25, 0.3) is 0 Å². The number of benzene rings is 1. The van der Waals surface area contributed by atoms with Gasteiger partial charge in [0.15, 0.2) is 0 Å². The summed E-state index contributed by atoms with van der Waals surface area (Å²) in [5.74, 6) is -0.303. The van der Waals surface area contributed by atoms with Crippen molar-refractivity contribution < 1.29 is 14.3 Å². The predicted octanol–water partition coefficient (Wildman–Crippen LogP) is 2.78. The summed E-state index contributed by atoms with van der Waals surface area (Å²) in [6.07, 6.45) is 2.10. The first kappa shape index (κ1) is 11.6. The molecule has 4 heteroatoms. The van der Waals surface area contributed by atoms with Crippen molar-refractivity contribution in [1.82, 2.24) is 0 Å². The molecule has 0 bridgehead atoms. The van der Waals surface area contributed by atoms with E-state index in [2.05, 4.69) is 15.9 Å². The summed E-state index contributed by atoms with van der Waals surface area (Å²) in [6, 6.07) is 7.24. The zero-order valence-electron chi connectivity index (χ0n) is 8.82. The molecule has 0 aliphatic carbocycles. The van der Waals surface area contributed by atoms with Gasteiger partial charge in [0, 0.05) is 11.1 Å². The van der Waals surface area contributed by atoms with Crippen LogP contribution in [0.15, 0.2) is 28.7 Å². The molecular weight excluding hydrogens is 272 g/mol. The average Bonchev–Trinajstić information content (AvgIpc) is 2.79. The second-order valence-electron chi connectivity index (χ2n) is 3.71. The van der Waals surface area contributed by atoms with E-state index in [1.165, 1.54) is 0 Å². The molecule has 1 aromatic carbocycles. The van der Waals surface area contributed by atoms with Crippen molar-refractivity contribution in [3.8, 4) is 0 Å². The highest BCUT2D eigenvalue weighted by Crippen LogP contribution is 2.18. The van der Waals surface area contributed by atoms with Crippen LogP contribution in [0, 0.1) is 0 Å². The molecule has 3 nitrogen and oxygen atoms in total. The third kappa shape index (κ3) is 2.83. The average molecular weight is 285 g/mol. The molecular formula is C12H13BrO3. The molecule has 0 radical (unpaired) electrons. The van der Waals surface area contributed by atoms with E-state index < -0.39 is 0 Å². The van der Waals surface area contributed by atoms with E-state index in [1.807, 2.05) is 18.2 Å². The molecule has 1 fully saturated rings. The van der Waals surface area contributed by atoms with Crippen LogP contribution in [0.1, 0.15) is 23.2 Å². The van der Waals surface area contributed by atoms with Gasteiger partial charge in [-0.25, -0.2) is 4.79 Å². The lowest BCUT2D eigenvalue weighted by atomic mass is 10.2. The van der Waals surface area contributed by atoms with Gasteiger partial charge in [-0.2, -0.15) is 0 Å². The Morgan fingerprint density at radius 2 is 2.31 bits per heavy atom. The summed E-state index contributed by atoms with van der Waals surface area (Å²) in [7, 11) is 0. The topological polar surface area (TPSA) is 35.5 Å². The van der Waals surface area contributed by atoms with E-state index in [0.29, 0.717) is 12.2 Å². The molecule has 0 spiro atoms. The molecule has 1 aliphatic rings. The van der Waals surface area contributed by atoms with E-state index in [9.17, 15) is 4.79 Å². The summed E-state index contributed by atoms with van der Waals surface area (Å²) in [5.41, 5.74) is 0.556. The maximum absolute atomic E-state index is 11.7. The Balaban J connectivity index is 1.90. The molecule has 1 heterocycles. The van der Waals surface area contributed by atoms with Crippen LogP contribution in [-0.2, 0) is 9.47 Å². The summed E-state index contributed by atoms with van der Waals surface area (Å²) in [6.45, 7) is 1.12. The largest absolute Gasteiger partial charge is 0.459 e. The fourth-order valence-electron chi connectivity index (χ4n) is 1.65. The minimum absolute atomic E-state index is 0.0754. The van der Waals surface area contributed by atoms with Crippen LogP contribution in [0.5, 0.6) is 0 Å². The highest BCUT2D eigenvalue weighted by molar-refractivity contribution is 9.10. The fraction of sp³-hybridized carbons (Fsp3) is 0.417. The normalized spacial score (nSPS) is 19.7. The minimum atomic E-state index is -0.303. The monoisotopic (exact) mass is 284 g/mol. The van der Waals surface area contributed by atoms with Crippen LogP contribution >= 0.6 is 15.9 Å². The van der Waals surface area contributed by atoms with E-state index in [0.717, 1.165) is 23.9 Å². The fourth-order valence-corrected chi connectivity index (χ4v) is 2.10. The maximum Gasteiger partial charge on any atom is 0.339 e. The number of carbonyl (C=O) groups excluding carboxylic acids is 1. The zero-order valence-corrected chi connectivity index (χ0v) is 10.4. The Labute approximate surface area is 103 Å². The Morgan fingerprint density at radius 3 is 3.00 bits per heavy atom. The van der Waals surface area contributed by atoms with Crippen LogP contribution in [0.4, 0.5) is 0 Å². The molecule has 1 saturated heterocycles. The molecule has 0 amide bonds. The molecule has 86 valence electrons. The van der Waals surface area contributed by atoms with Gasteiger partial charge in [-0.15, -0.1) is 0 Å². The van der Waals surface area contributed by atoms with Crippen molar-refractivity contribution in [3.05, 3.63) is 34.3 Å². The molecule has 16 heavy (non-hydrogen) atoms. The lowest BCUT2D eigenvalue weighted by Gasteiger charge is -2.10. The van der Waals surface area contributed by atoms with Crippen molar-refractivity contribution in [1.29, 1.82) is 0 Å². The molecule has 0 unspecified atom stereocenters. The van der Waals surface area contributed by atoms with Crippen molar-refractivity contribution in [2.24, 2.45) is 0 Å². The van der Waals surface area contributed by atoms with Crippen molar-refractivity contribution >= 4 is 21.9 Å². The lowest BCUT2D eigenvalue weighted by Crippen LogP contribution is -2.18. The summed E-state index contributed by atoms with van der Waals surface area (Å²) in [4.78, 5) is 11.7. The first-order valence-corrected chi connectivity index (χ1v) is 6.10. The van der Waals surface area contributed by atoms with Crippen LogP contribution in [0.3, 0.4) is 0 Å². The number of esters is 1. The molecule has 0 N–H and O–H groups in total. The van der Waals surface area contributed by atoms with Crippen molar-refractivity contribution in [2.45, 2.75) is 18.9 Å². The Kier molecular flexibility index (Phi) is 3.96. The van der Waals surface area contributed by atoms with Gasteiger partial charge in [0.2, 0.25) is 0 Å². The van der Waals surface area contributed by atoms with Crippen LogP contribution < -0.4 is 0 Å². The Hall–Kier alpha value is -0.870. The number of rotatable bonds is 3. The van der Waals surface area contributed by atoms with Gasteiger partial charge in [0.05, 0.1) is 11.7 Å². The number of hydrogen-bond acceptors (Lipinski definition) is 3. The first-order valence-electron chi connectivity index (χ1n) is 5.30. The Morgan fingerprint density at radius 1 is 1.50 bits per heavy atom. The van der Waals surface area contributed by atoms with Crippen molar-refractivity contribution in [3.63, 3.8) is 0 Å². The van der Waals surface area contributed by atoms with Gasteiger partial charge in [-0.3, -0.25) is 0 Å². The van der Waals surface area contributed by atoms with Crippen LogP contribution in [-0.4, -0.2) is 25.3 Å². The van der Waals surface area contributed by atoms with Gasteiger partial charge >= 0.3 is 5.97 Å². The molecule has 0 aromatic heterocycles. The molecule has 1 aliphatic heterocycles. The quantitative estimate of drug-likeness (QED) is 0.801. The summed E-state index contributed by atoms with van der Waals surface area (Å²) >= 11 is 3.32. The minimum Gasteiger partial charge on any atom is -0.459 e. The van der Waals surface area contributed by atoms with Crippen LogP contribution in [0.25, 0.3) is 0 Å². The Bertz CT molecular complexity index is 372. The summed E-state index contributed by atoms with van der Waals surface area (Å²) in [5, 5.41) is 0. The highest BCUT2D eigenvalue weighted by atomic mass is 79.9. The van der Waals surface area contributed by atoms with E-state index in [-0.39, 0.29) is 12.1 Å². The third-order valence-electron chi connectivity index (χ3n) is 2.52. The number of ether oxygens (including phenoxy) is 2. The SMILES string of the molecule is O=C(OC[C@H]1CCCO1)c1ccccc1Br. The molecule has 2 rings (SSSR count). The number of halogens is 1. The number of hydrogen-bond donors (Lipinski definition) is 0. The predicted molar refractivity (Wildman–Crippen MR) is 63.4 cm³/mol. The number of carbonyl (C=O) groups is 1. The van der Waals surface area contributed by atoms with E-state index in [1.54, 1.807) is 6.07 Å². The standard InChI is InChI=1S/C12H13BrO3/c13-11-6-2-1-5-10(11)12(14)16-8-9-4-3-7-15-9/h1-2,5-6,9H,3-4,7-8H2/t9-/m1/s1. The molecule has 1 aromatic rings. The van der Waals surface area contributed by atoms with E-state index in [4.69, 9.17) is 9.47 Å². The highest BCUT2D eigenvalue weighted by Gasteiger charge is 2.18. The van der Waals surface area contributed by atoms with E-state index >= 15 is 0 Å². The summed E-state index contributed by atoms with van der Waals surface area (Å²) < 4.78 is 11.3. The molecule has 0 saturated carbocycles. The zero-order chi connectivity index (χ0) is 11.4. The first-order chi connectivity index (χ1) is 7.77. The third-order valence-corrected chi connectivity index (χ3v) is 3.21. The van der Waals surface area contributed by atoms with Gasteiger partial charge in [-0.05, 0) is 40.9 Å².